The summed E-state index contributed by atoms with van der Waals surface area (Å²) in [4.78, 5) is 20.6. The van der Waals surface area contributed by atoms with Crippen LogP contribution in [0.5, 0.6) is 0 Å². The van der Waals surface area contributed by atoms with Gasteiger partial charge in [-0.1, -0.05) is 0 Å². The van der Waals surface area contributed by atoms with E-state index in [1.165, 1.54) is 23.0 Å². The minimum absolute atomic E-state index is 0. The van der Waals surface area contributed by atoms with E-state index >= 15 is 0 Å². The zero-order valence-corrected chi connectivity index (χ0v) is 12.0. The van der Waals surface area contributed by atoms with Gasteiger partial charge < -0.3 is 0 Å². The number of hydrogen-bond acceptors (Lipinski definition) is 3. The van der Waals surface area contributed by atoms with E-state index < -0.39 is 0 Å². The van der Waals surface area contributed by atoms with Crippen molar-refractivity contribution in [2.24, 2.45) is 0 Å². The second-order valence-electron chi connectivity index (χ2n) is 4.67. The molecule has 4 aromatic rings. The first kappa shape index (κ1) is 14.2. The van der Waals surface area contributed by atoms with Crippen molar-refractivity contribution in [1.82, 2.24) is 19.7 Å². The molecule has 22 heavy (non-hydrogen) atoms. The molecule has 0 spiro atoms. The third kappa shape index (κ3) is 2.05. The molecule has 0 radical (unpaired) electrons. The summed E-state index contributed by atoms with van der Waals surface area (Å²) in [7, 11) is 0. The minimum atomic E-state index is -0.369. The van der Waals surface area contributed by atoms with Crippen LogP contribution in [-0.4, -0.2) is 19.7 Å². The zero-order valence-electron chi connectivity index (χ0n) is 11.2. The van der Waals surface area contributed by atoms with Gasteiger partial charge in [-0.05, 0) is 30.3 Å². The van der Waals surface area contributed by atoms with Gasteiger partial charge in [0.15, 0.2) is 0 Å². The van der Waals surface area contributed by atoms with Crippen LogP contribution in [0.25, 0.3) is 27.5 Å². The van der Waals surface area contributed by atoms with Crippen LogP contribution < -0.4 is 5.56 Å². The van der Waals surface area contributed by atoms with Gasteiger partial charge in [-0.25, -0.2) is 9.07 Å². The molecule has 0 fully saturated rings. The number of hydrogen-bond donors (Lipinski definition) is 1. The lowest BCUT2D eigenvalue weighted by Crippen LogP contribution is -2.14. The molecular formula is C15H10ClFN4O. The lowest BCUT2D eigenvalue weighted by molar-refractivity contribution is 0.629. The first-order valence-electron chi connectivity index (χ1n) is 6.33. The first-order chi connectivity index (χ1) is 10.2. The standard InChI is InChI=1S/C15H9FN4O.ClH/c16-9-3-4-13-11(6-9)14-12(8-18-13)15(21)20(19-14)10-2-1-5-17-7-10;/h1-8,19H;1H. The Balaban J connectivity index is 0.00000144. The summed E-state index contributed by atoms with van der Waals surface area (Å²) >= 11 is 0. The van der Waals surface area contributed by atoms with E-state index in [1.807, 2.05) is 0 Å². The third-order valence-electron chi connectivity index (χ3n) is 3.39. The highest BCUT2D eigenvalue weighted by Crippen LogP contribution is 2.21. The lowest BCUT2D eigenvalue weighted by atomic mass is 10.2. The topological polar surface area (TPSA) is 63.6 Å². The number of nitrogens with one attached hydrogen (secondary N) is 1. The third-order valence-corrected chi connectivity index (χ3v) is 3.39. The molecule has 0 aliphatic rings. The quantitative estimate of drug-likeness (QED) is 0.587. The molecular weight excluding hydrogens is 307 g/mol. The Morgan fingerprint density at radius 1 is 1.14 bits per heavy atom. The fourth-order valence-electron chi connectivity index (χ4n) is 2.40. The molecule has 0 bridgehead atoms. The maximum Gasteiger partial charge on any atom is 0.280 e. The van der Waals surface area contributed by atoms with Crippen LogP contribution in [0.4, 0.5) is 4.39 Å². The molecule has 5 nitrogen and oxygen atoms in total. The fourth-order valence-corrected chi connectivity index (χ4v) is 2.40. The number of benzene rings is 1. The number of halogens is 2. The van der Waals surface area contributed by atoms with E-state index in [-0.39, 0.29) is 23.8 Å². The summed E-state index contributed by atoms with van der Waals surface area (Å²) in [6.07, 6.45) is 4.71. The van der Waals surface area contributed by atoms with Crippen molar-refractivity contribution in [3.8, 4) is 5.69 Å². The van der Waals surface area contributed by atoms with E-state index in [0.29, 0.717) is 27.5 Å². The first-order valence-corrected chi connectivity index (χ1v) is 6.33. The predicted octanol–water partition coefficient (Wildman–Crippen LogP) is 2.82. The van der Waals surface area contributed by atoms with Crippen molar-refractivity contribution in [3.63, 3.8) is 0 Å². The number of H-pyrrole nitrogens is 1. The van der Waals surface area contributed by atoms with Crippen LogP contribution in [0.2, 0.25) is 0 Å². The van der Waals surface area contributed by atoms with E-state index in [9.17, 15) is 9.18 Å². The average molecular weight is 317 g/mol. The van der Waals surface area contributed by atoms with Gasteiger partial charge in [-0.15, -0.1) is 12.4 Å². The van der Waals surface area contributed by atoms with E-state index in [1.54, 1.807) is 30.6 Å². The van der Waals surface area contributed by atoms with Gasteiger partial charge in [0.2, 0.25) is 0 Å². The van der Waals surface area contributed by atoms with Crippen LogP contribution in [0.15, 0.2) is 53.7 Å². The van der Waals surface area contributed by atoms with Crippen LogP contribution in [-0.2, 0) is 0 Å². The Hall–Kier alpha value is -2.73. The second kappa shape index (κ2) is 5.23. The van der Waals surface area contributed by atoms with Crippen molar-refractivity contribution in [2.75, 3.05) is 0 Å². The Bertz CT molecular complexity index is 1030. The Morgan fingerprint density at radius 3 is 2.77 bits per heavy atom. The Morgan fingerprint density at radius 2 is 2.00 bits per heavy atom. The lowest BCUT2D eigenvalue weighted by Gasteiger charge is -1.99. The number of pyridine rings is 2. The normalized spacial score (nSPS) is 10.8. The minimum Gasteiger partial charge on any atom is -0.289 e. The molecule has 7 heteroatoms. The van der Waals surface area contributed by atoms with Crippen LogP contribution in [0.3, 0.4) is 0 Å². The van der Waals surface area contributed by atoms with E-state index in [0.717, 1.165) is 0 Å². The van der Waals surface area contributed by atoms with Gasteiger partial charge >= 0.3 is 0 Å². The summed E-state index contributed by atoms with van der Waals surface area (Å²) in [5, 5.41) is 4.00. The largest absolute Gasteiger partial charge is 0.289 e. The van der Waals surface area contributed by atoms with Gasteiger partial charge in [0, 0.05) is 17.8 Å². The van der Waals surface area contributed by atoms with E-state index in [4.69, 9.17) is 0 Å². The summed E-state index contributed by atoms with van der Waals surface area (Å²) < 4.78 is 14.8. The molecule has 0 aliphatic heterocycles. The predicted molar refractivity (Wildman–Crippen MR) is 84.2 cm³/mol. The zero-order chi connectivity index (χ0) is 14.4. The van der Waals surface area contributed by atoms with Gasteiger partial charge in [0.05, 0.1) is 28.3 Å². The number of rotatable bonds is 1. The smallest absolute Gasteiger partial charge is 0.280 e. The number of fused-ring (bicyclic) bond motifs is 3. The van der Waals surface area contributed by atoms with Crippen molar-refractivity contribution < 1.29 is 4.39 Å². The maximum atomic E-state index is 13.5. The van der Waals surface area contributed by atoms with Crippen molar-refractivity contribution in [1.29, 1.82) is 0 Å². The number of aromatic amines is 1. The molecule has 0 saturated heterocycles. The summed E-state index contributed by atoms with van der Waals surface area (Å²) in [6, 6.07) is 7.80. The molecule has 1 aromatic carbocycles. The Labute approximate surface area is 129 Å². The van der Waals surface area contributed by atoms with Gasteiger partial charge in [0.25, 0.3) is 5.56 Å². The van der Waals surface area contributed by atoms with Crippen molar-refractivity contribution in [3.05, 3.63) is 65.1 Å². The van der Waals surface area contributed by atoms with Crippen molar-refractivity contribution in [2.45, 2.75) is 0 Å². The molecule has 0 saturated carbocycles. The number of nitrogens with zero attached hydrogens (tertiary/aromatic N) is 3. The van der Waals surface area contributed by atoms with Gasteiger partial charge in [-0.3, -0.25) is 19.9 Å². The molecule has 3 heterocycles. The molecule has 3 aromatic heterocycles. The number of aromatic nitrogens is 4. The average Bonchev–Trinajstić information content (AvgIpc) is 2.86. The highest BCUT2D eigenvalue weighted by atomic mass is 35.5. The summed E-state index contributed by atoms with van der Waals surface area (Å²) in [6.45, 7) is 0. The Kier molecular flexibility index (Phi) is 3.38. The van der Waals surface area contributed by atoms with E-state index in [2.05, 4.69) is 15.1 Å². The highest BCUT2D eigenvalue weighted by molar-refractivity contribution is 6.02. The van der Waals surface area contributed by atoms with Gasteiger partial charge in [-0.2, -0.15) is 0 Å². The summed E-state index contributed by atoms with van der Waals surface area (Å²) in [5.41, 5.74) is 1.57. The van der Waals surface area contributed by atoms with Gasteiger partial charge in [0.1, 0.15) is 5.82 Å². The molecule has 0 unspecified atom stereocenters. The second-order valence-corrected chi connectivity index (χ2v) is 4.67. The fraction of sp³-hybridized carbons (Fsp3) is 0. The molecule has 0 amide bonds. The van der Waals surface area contributed by atoms with Crippen LogP contribution in [0.1, 0.15) is 0 Å². The highest BCUT2D eigenvalue weighted by Gasteiger charge is 2.12. The molecule has 4 rings (SSSR count). The van der Waals surface area contributed by atoms with Crippen LogP contribution in [0, 0.1) is 5.82 Å². The molecule has 0 aliphatic carbocycles. The molecule has 1 N–H and O–H groups in total. The molecule has 0 atom stereocenters. The molecule has 110 valence electrons. The SMILES string of the molecule is Cl.O=c1c2cnc3ccc(F)cc3c2[nH]n1-c1cccnc1. The van der Waals surface area contributed by atoms with Crippen molar-refractivity contribution >= 4 is 34.2 Å². The summed E-state index contributed by atoms with van der Waals surface area (Å²) in [5.74, 6) is -0.369. The monoisotopic (exact) mass is 316 g/mol. The van der Waals surface area contributed by atoms with Crippen LogP contribution >= 0.6 is 12.4 Å². The maximum absolute atomic E-state index is 13.5.